The van der Waals surface area contributed by atoms with E-state index in [1.54, 1.807) is 0 Å². The van der Waals surface area contributed by atoms with Crippen molar-refractivity contribution in [1.82, 2.24) is 4.72 Å². The van der Waals surface area contributed by atoms with Gasteiger partial charge >= 0.3 is 5.97 Å². The van der Waals surface area contributed by atoms with Crippen molar-refractivity contribution in [3.8, 4) is 6.07 Å². The summed E-state index contributed by atoms with van der Waals surface area (Å²) in [7, 11) is -2.69. The molecule has 0 saturated carbocycles. The number of nitrogens with zero attached hydrogens (tertiary/aromatic N) is 1. The predicted molar refractivity (Wildman–Crippen MR) is 76.7 cm³/mol. The van der Waals surface area contributed by atoms with Gasteiger partial charge in [-0.15, -0.1) is 0 Å². The van der Waals surface area contributed by atoms with Gasteiger partial charge in [-0.2, -0.15) is 9.98 Å². The number of carbonyl (C=O) groups excluding carboxylic acids is 1. The maximum atomic E-state index is 12.3. The molecule has 0 heterocycles. The number of methoxy groups -OCH3 is 1. The minimum absolute atomic E-state index is 0.0563. The first-order chi connectivity index (χ1) is 9.80. The van der Waals surface area contributed by atoms with E-state index in [0.717, 1.165) is 0 Å². The molecule has 0 aliphatic rings. The summed E-state index contributed by atoms with van der Waals surface area (Å²) in [6.07, 6.45) is 0.323. The summed E-state index contributed by atoms with van der Waals surface area (Å²) >= 11 is 0. The highest BCUT2D eigenvalue weighted by Gasteiger charge is 2.27. The first-order valence-corrected chi connectivity index (χ1v) is 7.88. The molecule has 0 saturated heterocycles. The fourth-order valence-electron chi connectivity index (χ4n) is 1.79. The first-order valence-electron chi connectivity index (χ1n) is 6.40. The molecule has 1 rings (SSSR count). The van der Waals surface area contributed by atoms with Crippen LogP contribution in [0.25, 0.3) is 0 Å². The number of ether oxygens (including phenoxy) is 1. The smallest absolute Gasteiger partial charge is 0.323 e. The molecule has 0 spiro atoms. The Kier molecular flexibility index (Phi) is 5.88. The molecule has 1 aromatic rings. The zero-order valence-corrected chi connectivity index (χ0v) is 13.0. The molecule has 7 heteroatoms. The van der Waals surface area contributed by atoms with E-state index in [4.69, 9.17) is 5.26 Å². The first kappa shape index (κ1) is 17.1. The Hall–Kier alpha value is -1.91. The van der Waals surface area contributed by atoms with Gasteiger partial charge in [0.1, 0.15) is 6.04 Å². The highest BCUT2D eigenvalue weighted by atomic mass is 32.2. The van der Waals surface area contributed by atoms with Gasteiger partial charge in [0.25, 0.3) is 0 Å². The van der Waals surface area contributed by atoms with Crippen LogP contribution in [-0.2, 0) is 19.6 Å². The van der Waals surface area contributed by atoms with E-state index in [-0.39, 0.29) is 16.4 Å². The SMILES string of the molecule is COC(=O)[C@@H](CC(C)C)NS(=O)(=O)c1cccc(C#N)c1. The summed E-state index contributed by atoms with van der Waals surface area (Å²) in [5.74, 6) is -0.522. The third-order valence-corrected chi connectivity index (χ3v) is 4.23. The van der Waals surface area contributed by atoms with Crippen molar-refractivity contribution in [2.75, 3.05) is 7.11 Å². The summed E-state index contributed by atoms with van der Waals surface area (Å²) in [5.41, 5.74) is 0.233. The van der Waals surface area contributed by atoms with Crippen LogP contribution >= 0.6 is 0 Å². The highest BCUT2D eigenvalue weighted by molar-refractivity contribution is 7.89. The number of nitriles is 1. The van der Waals surface area contributed by atoms with E-state index in [2.05, 4.69) is 9.46 Å². The Morgan fingerprint density at radius 1 is 1.43 bits per heavy atom. The van der Waals surface area contributed by atoms with Crippen LogP contribution in [0.1, 0.15) is 25.8 Å². The van der Waals surface area contributed by atoms with Crippen LogP contribution in [0.5, 0.6) is 0 Å². The van der Waals surface area contributed by atoms with Crippen molar-refractivity contribution >= 4 is 16.0 Å². The van der Waals surface area contributed by atoms with E-state index >= 15 is 0 Å². The van der Waals surface area contributed by atoms with Gasteiger partial charge in [-0.25, -0.2) is 8.42 Å². The Balaban J connectivity index is 3.05. The van der Waals surface area contributed by atoms with Crippen molar-refractivity contribution < 1.29 is 17.9 Å². The molecule has 0 unspecified atom stereocenters. The van der Waals surface area contributed by atoms with Gasteiger partial charge in [0.2, 0.25) is 10.0 Å². The molecule has 21 heavy (non-hydrogen) atoms. The third kappa shape index (κ3) is 4.85. The van der Waals surface area contributed by atoms with Gasteiger partial charge in [0.15, 0.2) is 0 Å². The maximum Gasteiger partial charge on any atom is 0.323 e. The number of nitrogens with one attached hydrogen (secondary N) is 1. The molecule has 1 aromatic carbocycles. The van der Waals surface area contributed by atoms with Crippen molar-refractivity contribution in [3.63, 3.8) is 0 Å². The third-order valence-electron chi connectivity index (χ3n) is 2.76. The lowest BCUT2D eigenvalue weighted by atomic mass is 10.1. The largest absolute Gasteiger partial charge is 0.468 e. The quantitative estimate of drug-likeness (QED) is 0.802. The number of hydrogen-bond donors (Lipinski definition) is 1. The van der Waals surface area contributed by atoms with Crippen LogP contribution in [0.3, 0.4) is 0 Å². The topological polar surface area (TPSA) is 96.3 Å². The Morgan fingerprint density at radius 2 is 2.10 bits per heavy atom. The molecular weight excluding hydrogens is 292 g/mol. The van der Waals surface area contributed by atoms with Crippen LogP contribution in [0.15, 0.2) is 29.2 Å². The van der Waals surface area contributed by atoms with E-state index in [9.17, 15) is 13.2 Å². The van der Waals surface area contributed by atoms with E-state index in [0.29, 0.717) is 6.42 Å². The Bertz CT molecular complexity index is 647. The molecule has 6 nitrogen and oxygen atoms in total. The van der Waals surface area contributed by atoms with Gasteiger partial charge in [-0.1, -0.05) is 19.9 Å². The van der Waals surface area contributed by atoms with Gasteiger partial charge in [-0.3, -0.25) is 4.79 Å². The van der Waals surface area contributed by atoms with Crippen LogP contribution in [0, 0.1) is 17.2 Å². The van der Waals surface area contributed by atoms with Gasteiger partial charge in [-0.05, 0) is 30.5 Å². The fourth-order valence-corrected chi connectivity index (χ4v) is 3.04. The monoisotopic (exact) mass is 310 g/mol. The van der Waals surface area contributed by atoms with Gasteiger partial charge in [0, 0.05) is 0 Å². The summed E-state index contributed by atoms with van der Waals surface area (Å²) in [6.45, 7) is 3.75. The van der Waals surface area contributed by atoms with Crippen LogP contribution in [-0.4, -0.2) is 27.5 Å². The van der Waals surface area contributed by atoms with Gasteiger partial charge in [0.05, 0.1) is 23.6 Å². The average molecular weight is 310 g/mol. The molecule has 0 bridgehead atoms. The highest BCUT2D eigenvalue weighted by Crippen LogP contribution is 2.14. The number of esters is 1. The fraction of sp³-hybridized carbons (Fsp3) is 0.429. The maximum absolute atomic E-state index is 12.3. The van der Waals surface area contributed by atoms with Crippen molar-refractivity contribution in [3.05, 3.63) is 29.8 Å². The number of rotatable bonds is 6. The zero-order chi connectivity index (χ0) is 16.0. The number of hydrogen-bond acceptors (Lipinski definition) is 5. The minimum Gasteiger partial charge on any atom is -0.468 e. The Morgan fingerprint density at radius 3 is 2.62 bits per heavy atom. The molecule has 0 fully saturated rings. The second kappa shape index (κ2) is 7.20. The van der Waals surface area contributed by atoms with E-state index < -0.39 is 22.0 Å². The van der Waals surface area contributed by atoms with Crippen molar-refractivity contribution in [2.45, 2.75) is 31.2 Å². The lowest BCUT2D eigenvalue weighted by molar-refractivity contribution is -0.143. The molecule has 114 valence electrons. The van der Waals surface area contributed by atoms with Crippen molar-refractivity contribution in [2.24, 2.45) is 5.92 Å². The number of benzene rings is 1. The lowest BCUT2D eigenvalue weighted by Crippen LogP contribution is -2.42. The summed E-state index contributed by atoms with van der Waals surface area (Å²) in [4.78, 5) is 11.6. The average Bonchev–Trinajstić information content (AvgIpc) is 2.45. The normalized spacial score (nSPS) is 12.7. The summed E-state index contributed by atoms with van der Waals surface area (Å²) < 4.78 is 31.5. The predicted octanol–water partition coefficient (Wildman–Crippen LogP) is 1.42. The Labute approximate surface area is 124 Å². The number of carbonyl (C=O) groups is 1. The second-order valence-electron chi connectivity index (χ2n) is 4.97. The zero-order valence-electron chi connectivity index (χ0n) is 12.2. The molecule has 0 amide bonds. The van der Waals surface area contributed by atoms with Crippen LogP contribution in [0.2, 0.25) is 0 Å². The molecule has 1 N–H and O–H groups in total. The second-order valence-corrected chi connectivity index (χ2v) is 6.68. The summed E-state index contributed by atoms with van der Waals surface area (Å²) in [6, 6.07) is 6.53. The van der Waals surface area contributed by atoms with Gasteiger partial charge < -0.3 is 4.74 Å². The number of sulfonamides is 1. The molecule has 0 aromatic heterocycles. The van der Waals surface area contributed by atoms with E-state index in [1.165, 1.54) is 31.4 Å². The van der Waals surface area contributed by atoms with E-state index in [1.807, 2.05) is 19.9 Å². The van der Waals surface area contributed by atoms with Crippen LogP contribution in [0.4, 0.5) is 0 Å². The van der Waals surface area contributed by atoms with Crippen LogP contribution < -0.4 is 4.72 Å². The molecule has 0 aliphatic heterocycles. The minimum atomic E-state index is -3.89. The molecular formula is C14H18N2O4S. The lowest BCUT2D eigenvalue weighted by Gasteiger charge is -2.18. The summed E-state index contributed by atoms with van der Waals surface area (Å²) in [5, 5.41) is 8.82. The molecule has 0 radical (unpaired) electrons. The molecule has 0 aliphatic carbocycles. The molecule has 1 atom stereocenters. The van der Waals surface area contributed by atoms with Crippen molar-refractivity contribution in [1.29, 1.82) is 5.26 Å². The standard InChI is InChI=1S/C14H18N2O4S/c1-10(2)7-13(14(17)20-3)16-21(18,19)12-6-4-5-11(8-12)9-15/h4-6,8,10,13,16H,7H2,1-3H3/t13-/m1/s1.